The van der Waals surface area contributed by atoms with Gasteiger partial charge in [0, 0.05) is 17.8 Å². The summed E-state index contributed by atoms with van der Waals surface area (Å²) in [5.41, 5.74) is 5.70. The Labute approximate surface area is 262 Å². The van der Waals surface area contributed by atoms with E-state index in [9.17, 15) is 25.9 Å². The topological polar surface area (TPSA) is 136 Å². The van der Waals surface area contributed by atoms with Gasteiger partial charge in [0.25, 0.3) is 10.1 Å². The monoisotopic (exact) mass is 600 g/mol. The summed E-state index contributed by atoms with van der Waals surface area (Å²) in [5, 5.41) is 0. The van der Waals surface area contributed by atoms with E-state index in [4.69, 9.17) is 9.98 Å². The smallest absolute Gasteiger partial charge is 0.744 e. The summed E-state index contributed by atoms with van der Waals surface area (Å²) in [6.07, 6.45) is 0.422. The molecule has 0 spiro atoms. The largest absolute Gasteiger partial charge is 1.00 e. The van der Waals surface area contributed by atoms with E-state index in [1.807, 2.05) is 69.2 Å². The molecule has 0 aliphatic rings. The first-order chi connectivity index (χ1) is 17.7. The van der Waals surface area contributed by atoms with Crippen LogP contribution in [0.3, 0.4) is 0 Å². The minimum absolute atomic E-state index is 0. The van der Waals surface area contributed by atoms with Crippen molar-refractivity contribution in [1.82, 2.24) is 0 Å². The molecule has 11 heteroatoms. The van der Waals surface area contributed by atoms with Crippen LogP contribution in [-0.2, 0) is 20.2 Å². The second kappa shape index (κ2) is 14.2. The molecule has 0 aliphatic carbocycles. The van der Waals surface area contributed by atoms with Gasteiger partial charge in [0.15, 0.2) is 0 Å². The van der Waals surface area contributed by atoms with Gasteiger partial charge in [-0.3, -0.25) is 14.5 Å². The minimum Gasteiger partial charge on any atom is -0.744 e. The summed E-state index contributed by atoms with van der Waals surface area (Å²) in [4.78, 5) is 9.41. The first-order valence-electron chi connectivity index (χ1n) is 13.1. The van der Waals surface area contributed by atoms with Gasteiger partial charge in [-0.1, -0.05) is 55.4 Å². The first kappa shape index (κ1) is 36.6. The average Bonchev–Trinajstić information content (AvgIpc) is 2.76. The van der Waals surface area contributed by atoms with Crippen LogP contribution < -0.4 is 29.6 Å². The van der Waals surface area contributed by atoms with E-state index in [0.29, 0.717) is 28.9 Å². The molecule has 0 atom stereocenters. The maximum absolute atomic E-state index is 11.9. The van der Waals surface area contributed by atoms with Crippen molar-refractivity contribution in [2.75, 3.05) is 0 Å². The fourth-order valence-electron chi connectivity index (χ4n) is 4.45. The van der Waals surface area contributed by atoms with E-state index in [2.05, 4.69) is 0 Å². The fraction of sp³-hybridized carbons (Fsp3) is 0.517. The second-order valence-corrected chi connectivity index (χ2v) is 14.1. The van der Waals surface area contributed by atoms with Crippen LogP contribution in [0, 0.1) is 0 Å². The van der Waals surface area contributed by atoms with Gasteiger partial charge >= 0.3 is 29.6 Å². The van der Waals surface area contributed by atoms with Crippen molar-refractivity contribution in [3.05, 3.63) is 46.5 Å². The van der Waals surface area contributed by atoms with Gasteiger partial charge in [0.2, 0.25) is 0 Å². The molecule has 0 radical (unpaired) electrons. The zero-order valence-electron chi connectivity index (χ0n) is 25.5. The quantitative estimate of drug-likeness (QED) is 0.240. The summed E-state index contributed by atoms with van der Waals surface area (Å²) >= 11 is 0. The third kappa shape index (κ3) is 9.31. The van der Waals surface area contributed by atoms with Gasteiger partial charge in [-0.15, -0.1) is 0 Å². The molecule has 40 heavy (non-hydrogen) atoms. The predicted molar refractivity (Wildman–Crippen MR) is 157 cm³/mol. The van der Waals surface area contributed by atoms with Gasteiger partial charge in [0.05, 0.1) is 21.2 Å². The van der Waals surface area contributed by atoms with Crippen molar-refractivity contribution in [1.29, 1.82) is 0 Å². The van der Waals surface area contributed by atoms with E-state index in [-0.39, 0.29) is 63.0 Å². The summed E-state index contributed by atoms with van der Waals surface area (Å²) in [5.74, 6) is -0.199. The summed E-state index contributed by atoms with van der Waals surface area (Å²) in [6.45, 7) is 19.3. The standard InChI is InChI=1S/C29H42N2O6S2.Na/c1-16(2)24-12-22(38(32,33)34)13-25(17(3)4)28(24)30-20(9)11-21(10)31-29-26(18(5)6)14-23(39(35,36)37)15-27(29)19(7)8;/h12-19H,11H2,1-10H3,(H,32,33,34)(H,35,36,37);/q;+1/p-1. The third-order valence-electron chi connectivity index (χ3n) is 6.48. The van der Waals surface area contributed by atoms with Crippen LogP contribution in [0.2, 0.25) is 0 Å². The van der Waals surface area contributed by atoms with E-state index in [0.717, 1.165) is 22.6 Å². The van der Waals surface area contributed by atoms with Crippen molar-refractivity contribution < 1.29 is 55.5 Å². The molecule has 0 heterocycles. The Kier molecular flexibility index (Phi) is 13.0. The molecule has 0 aliphatic heterocycles. The normalized spacial score (nSPS) is 13.5. The van der Waals surface area contributed by atoms with E-state index >= 15 is 0 Å². The molecule has 2 aromatic carbocycles. The number of rotatable bonds is 10. The van der Waals surface area contributed by atoms with Crippen LogP contribution in [0.1, 0.15) is 122 Å². The number of aliphatic imine (C=N–C) groups is 2. The molecule has 0 saturated heterocycles. The van der Waals surface area contributed by atoms with Crippen LogP contribution in [0.5, 0.6) is 0 Å². The van der Waals surface area contributed by atoms with Crippen LogP contribution >= 0.6 is 0 Å². The Morgan fingerprint density at radius 2 is 0.950 bits per heavy atom. The van der Waals surface area contributed by atoms with Gasteiger partial charge in [-0.2, -0.15) is 8.42 Å². The van der Waals surface area contributed by atoms with Gasteiger partial charge in [-0.05, 0) is 84.0 Å². The van der Waals surface area contributed by atoms with Crippen LogP contribution in [-0.4, -0.2) is 37.4 Å². The van der Waals surface area contributed by atoms with Crippen molar-refractivity contribution in [2.45, 2.75) is 109 Å². The SMILES string of the molecule is CC(CC(C)=Nc1c(C(C)C)cc(S(=O)(=O)O)cc1C(C)C)=Nc1c(C(C)C)cc(S(=O)(=O)[O-])cc1C(C)C.[Na+]. The number of nitrogens with zero attached hydrogens (tertiary/aromatic N) is 2. The molecule has 0 bridgehead atoms. The Balaban J connectivity index is 0.00000800. The first-order valence-corrected chi connectivity index (χ1v) is 16.0. The maximum atomic E-state index is 11.9. The van der Waals surface area contributed by atoms with E-state index < -0.39 is 20.2 Å². The van der Waals surface area contributed by atoms with Gasteiger partial charge in [0.1, 0.15) is 10.1 Å². The molecule has 0 aromatic heterocycles. The Morgan fingerprint density at radius 1 is 0.675 bits per heavy atom. The summed E-state index contributed by atoms with van der Waals surface area (Å²) in [6, 6.07) is 5.81. The van der Waals surface area contributed by atoms with E-state index in [1.54, 1.807) is 0 Å². The van der Waals surface area contributed by atoms with Crippen molar-refractivity contribution in [3.63, 3.8) is 0 Å². The van der Waals surface area contributed by atoms with Crippen LogP contribution in [0.25, 0.3) is 0 Å². The number of hydrogen-bond acceptors (Lipinski definition) is 7. The Morgan fingerprint density at radius 3 is 1.18 bits per heavy atom. The molecular formula is C29H41N2NaO6S2. The Bertz CT molecular complexity index is 1340. The Hall–Kier alpha value is -1.40. The second-order valence-electron chi connectivity index (χ2n) is 11.3. The number of hydrogen-bond donors (Lipinski definition) is 1. The molecule has 0 unspecified atom stereocenters. The number of benzene rings is 2. The summed E-state index contributed by atoms with van der Waals surface area (Å²) < 4.78 is 68.9. The molecule has 8 nitrogen and oxygen atoms in total. The maximum Gasteiger partial charge on any atom is 1.00 e. The van der Waals surface area contributed by atoms with Crippen molar-refractivity contribution >= 4 is 43.0 Å². The zero-order chi connectivity index (χ0) is 30.0. The predicted octanol–water partition coefficient (Wildman–Crippen LogP) is 4.61. The van der Waals surface area contributed by atoms with E-state index in [1.165, 1.54) is 24.3 Å². The van der Waals surface area contributed by atoms with Crippen LogP contribution in [0.4, 0.5) is 11.4 Å². The van der Waals surface area contributed by atoms with Crippen LogP contribution in [0.15, 0.2) is 44.0 Å². The summed E-state index contributed by atoms with van der Waals surface area (Å²) in [7, 11) is -8.99. The van der Waals surface area contributed by atoms with Gasteiger partial charge < -0.3 is 4.55 Å². The van der Waals surface area contributed by atoms with Gasteiger partial charge in [-0.25, -0.2) is 8.42 Å². The van der Waals surface area contributed by atoms with Crippen molar-refractivity contribution in [3.8, 4) is 0 Å². The minimum atomic E-state index is -4.62. The molecule has 0 saturated carbocycles. The average molecular weight is 601 g/mol. The fourth-order valence-corrected chi connectivity index (χ4v) is 5.54. The molecule has 1 N–H and O–H groups in total. The molecule has 216 valence electrons. The van der Waals surface area contributed by atoms with Crippen molar-refractivity contribution in [2.24, 2.45) is 9.98 Å². The molecule has 0 fully saturated rings. The molecular weight excluding hydrogens is 559 g/mol. The molecule has 2 rings (SSSR count). The molecule has 0 amide bonds. The molecule has 2 aromatic rings. The third-order valence-corrected chi connectivity index (χ3v) is 8.12. The zero-order valence-corrected chi connectivity index (χ0v) is 29.2.